The van der Waals surface area contributed by atoms with Crippen molar-refractivity contribution in [3.8, 4) is 6.07 Å². The van der Waals surface area contributed by atoms with E-state index in [1.54, 1.807) is 11.3 Å². The van der Waals surface area contributed by atoms with E-state index >= 15 is 0 Å². The fourth-order valence-corrected chi connectivity index (χ4v) is 4.57. The molecule has 1 heterocycles. The smallest absolute Gasteiger partial charge is 0.134 e. The Balaban J connectivity index is 2.07. The van der Waals surface area contributed by atoms with Crippen molar-refractivity contribution in [3.63, 3.8) is 0 Å². The Labute approximate surface area is 142 Å². The molecule has 23 heavy (non-hydrogen) atoms. The Morgan fingerprint density at radius 1 is 1.09 bits per heavy atom. The predicted octanol–water partition coefficient (Wildman–Crippen LogP) is 5.56. The van der Waals surface area contributed by atoms with Crippen LogP contribution in [0.25, 0.3) is 0 Å². The molecule has 0 saturated carbocycles. The molecule has 0 amide bonds. The minimum Gasteiger partial charge on any atom is -0.241 e. The number of nitrogens with zero attached hydrogens (tertiary/aromatic N) is 2. The number of benzene rings is 1. The summed E-state index contributed by atoms with van der Waals surface area (Å²) in [6, 6.07) is 6.83. The number of rotatable bonds is 2. The van der Waals surface area contributed by atoms with Crippen molar-refractivity contribution in [1.29, 1.82) is 5.26 Å². The van der Waals surface area contributed by atoms with Crippen molar-refractivity contribution >= 4 is 22.0 Å². The highest BCUT2D eigenvalue weighted by atomic mass is 32.1. The van der Waals surface area contributed by atoms with Gasteiger partial charge in [0.1, 0.15) is 11.1 Å². The van der Waals surface area contributed by atoms with E-state index in [9.17, 15) is 5.26 Å². The van der Waals surface area contributed by atoms with Gasteiger partial charge in [-0.25, -0.2) is 4.99 Å². The van der Waals surface area contributed by atoms with Crippen molar-refractivity contribution in [1.82, 2.24) is 0 Å². The Bertz CT molecular complexity index is 834. The number of hydrogen-bond donors (Lipinski definition) is 0. The minimum atomic E-state index is 0.811. The predicted molar refractivity (Wildman–Crippen MR) is 98.2 cm³/mol. The molecule has 3 heteroatoms. The highest BCUT2D eigenvalue weighted by molar-refractivity contribution is 7.16. The van der Waals surface area contributed by atoms with Crippen molar-refractivity contribution in [2.24, 2.45) is 4.99 Å². The van der Waals surface area contributed by atoms with Gasteiger partial charge in [-0.05, 0) is 87.3 Å². The molecular weight excluding hydrogens is 300 g/mol. The molecule has 118 valence electrons. The molecule has 0 unspecified atom stereocenters. The molecule has 0 radical (unpaired) electrons. The molecule has 0 saturated heterocycles. The first kappa shape index (κ1) is 16.0. The molecule has 3 rings (SSSR count). The van der Waals surface area contributed by atoms with E-state index in [-0.39, 0.29) is 0 Å². The van der Waals surface area contributed by atoms with Crippen LogP contribution in [-0.4, -0.2) is 5.71 Å². The van der Waals surface area contributed by atoms with Crippen molar-refractivity contribution in [2.75, 3.05) is 0 Å². The van der Waals surface area contributed by atoms with Crippen LogP contribution >= 0.6 is 11.3 Å². The van der Waals surface area contributed by atoms with Gasteiger partial charge < -0.3 is 0 Å². The van der Waals surface area contributed by atoms with Crippen LogP contribution < -0.4 is 0 Å². The Morgan fingerprint density at radius 2 is 1.78 bits per heavy atom. The van der Waals surface area contributed by atoms with E-state index < -0.39 is 0 Å². The maximum absolute atomic E-state index is 9.57. The first-order chi connectivity index (χ1) is 11.0. The van der Waals surface area contributed by atoms with Gasteiger partial charge in [0.05, 0.1) is 5.56 Å². The first-order valence-electron chi connectivity index (χ1n) is 8.19. The quantitative estimate of drug-likeness (QED) is 0.666. The van der Waals surface area contributed by atoms with Crippen LogP contribution in [0.15, 0.2) is 17.1 Å². The topological polar surface area (TPSA) is 36.1 Å². The second-order valence-electron chi connectivity index (χ2n) is 6.45. The number of aryl methyl sites for hydroxylation is 4. The lowest BCUT2D eigenvalue weighted by Crippen LogP contribution is -2.00. The standard InChI is InChI=1S/C20H22N2S/c1-12-9-14(3)17(10-13(12)2)15(4)22-20-18(11-21)16-7-5-6-8-19(16)23-20/h9-10H,5-8H2,1-4H3/b22-15+. The molecule has 2 nitrogen and oxygen atoms in total. The second-order valence-corrected chi connectivity index (χ2v) is 7.54. The summed E-state index contributed by atoms with van der Waals surface area (Å²) >= 11 is 1.71. The van der Waals surface area contributed by atoms with Gasteiger partial charge in [0.2, 0.25) is 0 Å². The number of nitriles is 1. The van der Waals surface area contributed by atoms with Crippen LogP contribution in [-0.2, 0) is 12.8 Å². The summed E-state index contributed by atoms with van der Waals surface area (Å²) in [5, 5.41) is 10.5. The fraction of sp³-hybridized carbons (Fsp3) is 0.400. The third-order valence-corrected chi connectivity index (χ3v) is 5.95. The molecule has 0 atom stereocenters. The molecule has 1 aromatic carbocycles. The molecule has 0 aliphatic heterocycles. The van der Waals surface area contributed by atoms with E-state index in [2.05, 4.69) is 45.9 Å². The maximum atomic E-state index is 9.57. The van der Waals surface area contributed by atoms with Crippen LogP contribution in [0, 0.1) is 32.1 Å². The molecule has 2 aromatic rings. The van der Waals surface area contributed by atoms with Crippen LogP contribution in [0.3, 0.4) is 0 Å². The molecule has 1 aliphatic carbocycles. The Morgan fingerprint density at radius 3 is 2.52 bits per heavy atom. The maximum Gasteiger partial charge on any atom is 0.134 e. The highest BCUT2D eigenvalue weighted by Gasteiger charge is 2.20. The molecule has 0 fully saturated rings. The van der Waals surface area contributed by atoms with Crippen LogP contribution in [0.2, 0.25) is 0 Å². The second kappa shape index (κ2) is 6.29. The van der Waals surface area contributed by atoms with Crippen LogP contribution in [0.5, 0.6) is 0 Å². The molecule has 1 aromatic heterocycles. The van der Waals surface area contributed by atoms with Crippen molar-refractivity contribution in [3.05, 3.63) is 50.4 Å². The SMILES string of the molecule is C/C(=N\c1sc2c(c1C#N)CCCC2)c1cc(C)c(C)cc1C. The van der Waals surface area contributed by atoms with E-state index in [1.165, 1.54) is 45.5 Å². The zero-order chi connectivity index (χ0) is 16.6. The van der Waals surface area contributed by atoms with Crippen molar-refractivity contribution < 1.29 is 0 Å². The van der Waals surface area contributed by atoms with E-state index in [0.29, 0.717) is 0 Å². The largest absolute Gasteiger partial charge is 0.241 e. The third-order valence-electron chi connectivity index (χ3n) is 4.76. The lowest BCUT2D eigenvalue weighted by Gasteiger charge is -2.10. The number of fused-ring (bicyclic) bond motifs is 1. The van der Waals surface area contributed by atoms with Gasteiger partial charge in [0.25, 0.3) is 0 Å². The summed E-state index contributed by atoms with van der Waals surface area (Å²) in [4.78, 5) is 6.22. The molecule has 0 bridgehead atoms. The molecule has 0 spiro atoms. The normalized spacial score (nSPS) is 14.5. The number of thiophene rings is 1. The van der Waals surface area contributed by atoms with Crippen LogP contribution in [0.1, 0.15) is 58.0 Å². The summed E-state index contributed by atoms with van der Waals surface area (Å²) in [7, 11) is 0. The third kappa shape index (κ3) is 2.96. The van der Waals surface area contributed by atoms with Crippen LogP contribution in [0.4, 0.5) is 5.00 Å². The minimum absolute atomic E-state index is 0.811. The summed E-state index contributed by atoms with van der Waals surface area (Å²) in [6.07, 6.45) is 4.56. The van der Waals surface area contributed by atoms with Gasteiger partial charge in [0.15, 0.2) is 0 Å². The van der Waals surface area contributed by atoms with Gasteiger partial charge in [-0.3, -0.25) is 0 Å². The average Bonchev–Trinajstić information content (AvgIpc) is 2.87. The summed E-state index contributed by atoms with van der Waals surface area (Å²) < 4.78 is 0. The van der Waals surface area contributed by atoms with Gasteiger partial charge in [0, 0.05) is 10.6 Å². The zero-order valence-electron chi connectivity index (χ0n) is 14.3. The van der Waals surface area contributed by atoms with E-state index in [4.69, 9.17) is 4.99 Å². The van der Waals surface area contributed by atoms with Gasteiger partial charge in [-0.15, -0.1) is 11.3 Å². The summed E-state index contributed by atoms with van der Waals surface area (Å²) in [5.74, 6) is 0. The molecular formula is C20H22N2S. The molecule has 0 N–H and O–H groups in total. The average molecular weight is 322 g/mol. The van der Waals surface area contributed by atoms with Gasteiger partial charge in [-0.1, -0.05) is 6.07 Å². The summed E-state index contributed by atoms with van der Waals surface area (Å²) in [5.41, 5.74) is 8.09. The van der Waals surface area contributed by atoms with Crippen molar-refractivity contribution in [2.45, 2.75) is 53.4 Å². The fourth-order valence-electron chi connectivity index (χ4n) is 3.31. The lowest BCUT2D eigenvalue weighted by atomic mass is 9.96. The van der Waals surface area contributed by atoms with E-state index in [0.717, 1.165) is 29.1 Å². The number of hydrogen-bond acceptors (Lipinski definition) is 3. The number of aliphatic imine (C=N–C) groups is 1. The highest BCUT2D eigenvalue weighted by Crippen LogP contribution is 2.39. The Hall–Kier alpha value is -1.92. The monoisotopic (exact) mass is 322 g/mol. The van der Waals surface area contributed by atoms with Gasteiger partial charge >= 0.3 is 0 Å². The van der Waals surface area contributed by atoms with E-state index in [1.807, 2.05) is 0 Å². The summed E-state index contributed by atoms with van der Waals surface area (Å²) in [6.45, 7) is 8.46. The molecule has 1 aliphatic rings. The Kier molecular flexibility index (Phi) is 4.37. The van der Waals surface area contributed by atoms with Gasteiger partial charge in [-0.2, -0.15) is 5.26 Å². The lowest BCUT2D eigenvalue weighted by molar-refractivity contribution is 0.696. The first-order valence-corrected chi connectivity index (χ1v) is 9.01. The zero-order valence-corrected chi connectivity index (χ0v) is 15.1.